The molecule has 0 aromatic heterocycles. The summed E-state index contributed by atoms with van der Waals surface area (Å²) in [5.41, 5.74) is 7.33. The van der Waals surface area contributed by atoms with E-state index in [1.54, 1.807) is 0 Å². The zero-order valence-corrected chi connectivity index (χ0v) is 16.2. The van der Waals surface area contributed by atoms with Crippen LogP contribution in [0.5, 0.6) is 0 Å². The first kappa shape index (κ1) is 21.9. The first-order valence-electron chi connectivity index (χ1n) is 9.12. The number of esters is 1. The maximum absolute atomic E-state index is 12.6. The normalized spacial score (nSPS) is 12.3. The maximum Gasteiger partial charge on any atom is 0.408 e. The van der Waals surface area contributed by atoms with Crippen LogP contribution in [-0.2, 0) is 32.1 Å². The first-order chi connectivity index (χ1) is 14.0. The average Bonchev–Trinajstić information content (AvgIpc) is 2.76. The highest BCUT2D eigenvalue weighted by molar-refractivity contribution is 5.86. The summed E-state index contributed by atoms with van der Waals surface area (Å²) in [5.74, 6) is -1.12. The van der Waals surface area contributed by atoms with E-state index in [4.69, 9.17) is 10.5 Å². The monoisotopic (exact) mass is 399 g/mol. The number of methoxy groups -OCH3 is 1. The lowest BCUT2D eigenvalue weighted by atomic mass is 10.1. The Morgan fingerprint density at radius 2 is 1.55 bits per heavy atom. The molecule has 8 heteroatoms. The second-order valence-electron chi connectivity index (χ2n) is 6.32. The molecule has 0 aliphatic heterocycles. The molecule has 154 valence electrons. The zero-order valence-electron chi connectivity index (χ0n) is 16.2. The zero-order chi connectivity index (χ0) is 21.1. The van der Waals surface area contributed by atoms with Crippen molar-refractivity contribution < 1.29 is 23.9 Å². The molecular weight excluding hydrogens is 374 g/mol. The smallest absolute Gasteiger partial charge is 0.408 e. The topological polar surface area (TPSA) is 120 Å². The first-order valence-corrected chi connectivity index (χ1v) is 9.12. The molecule has 2 aromatic rings. The Balaban J connectivity index is 1.97. The van der Waals surface area contributed by atoms with Gasteiger partial charge in [0.1, 0.15) is 18.7 Å². The van der Waals surface area contributed by atoms with Crippen molar-refractivity contribution in [3.8, 4) is 0 Å². The van der Waals surface area contributed by atoms with E-state index in [1.165, 1.54) is 7.11 Å². The van der Waals surface area contributed by atoms with E-state index in [1.807, 2.05) is 60.7 Å². The molecule has 0 aliphatic carbocycles. The van der Waals surface area contributed by atoms with Crippen molar-refractivity contribution in [1.29, 1.82) is 0 Å². The van der Waals surface area contributed by atoms with Crippen molar-refractivity contribution in [3.05, 3.63) is 71.8 Å². The van der Waals surface area contributed by atoms with Crippen LogP contribution in [0, 0.1) is 0 Å². The summed E-state index contributed by atoms with van der Waals surface area (Å²) in [6.07, 6.45) is -0.470. The van der Waals surface area contributed by atoms with Gasteiger partial charge in [0, 0.05) is 13.0 Å². The van der Waals surface area contributed by atoms with E-state index in [-0.39, 0.29) is 19.6 Å². The van der Waals surface area contributed by atoms with E-state index >= 15 is 0 Å². The molecule has 2 amide bonds. The van der Waals surface area contributed by atoms with Gasteiger partial charge in [0.25, 0.3) is 0 Å². The van der Waals surface area contributed by atoms with Crippen LogP contribution in [0.15, 0.2) is 60.7 Å². The second-order valence-corrected chi connectivity index (χ2v) is 6.32. The molecule has 0 unspecified atom stereocenters. The quantitative estimate of drug-likeness (QED) is 0.544. The van der Waals surface area contributed by atoms with Crippen LogP contribution in [0.1, 0.15) is 11.1 Å². The maximum atomic E-state index is 12.6. The van der Waals surface area contributed by atoms with Crippen molar-refractivity contribution >= 4 is 18.0 Å². The highest BCUT2D eigenvalue weighted by Gasteiger charge is 2.23. The van der Waals surface area contributed by atoms with Crippen LogP contribution in [0.25, 0.3) is 0 Å². The highest BCUT2D eigenvalue weighted by atomic mass is 16.5. The van der Waals surface area contributed by atoms with Gasteiger partial charge in [-0.25, -0.2) is 4.79 Å². The Bertz CT molecular complexity index is 798. The lowest BCUT2D eigenvalue weighted by Gasteiger charge is -2.19. The molecule has 4 N–H and O–H groups in total. The molecule has 0 aliphatic rings. The number of alkyl carbamates (subject to hydrolysis) is 1. The summed E-state index contributed by atoms with van der Waals surface area (Å²) in [6, 6.07) is 16.5. The predicted octanol–water partition coefficient (Wildman–Crippen LogP) is 1.14. The Morgan fingerprint density at radius 3 is 2.14 bits per heavy atom. The summed E-state index contributed by atoms with van der Waals surface area (Å²) in [5, 5.41) is 5.13. The summed E-state index contributed by atoms with van der Waals surface area (Å²) < 4.78 is 9.73. The van der Waals surface area contributed by atoms with Gasteiger partial charge in [0.2, 0.25) is 5.91 Å². The minimum atomic E-state index is -0.994. The standard InChI is InChI=1S/C21H25N3O5/c1-28-20(26)17(22)13-23-19(25)18(12-15-8-4-2-5-9-15)24-21(27)29-14-16-10-6-3-7-11-16/h2-11,17-18H,12-14,22H2,1H3,(H,23,25)(H,24,27)/t17-,18+/m0/s1. The third kappa shape index (κ3) is 7.63. The third-order valence-electron chi connectivity index (χ3n) is 4.10. The highest BCUT2D eigenvalue weighted by Crippen LogP contribution is 2.05. The molecule has 8 nitrogen and oxygen atoms in total. The number of carbonyl (C=O) groups is 3. The molecule has 0 bridgehead atoms. The lowest BCUT2D eigenvalue weighted by Crippen LogP contribution is -2.51. The number of hydrogen-bond donors (Lipinski definition) is 3. The van der Waals surface area contributed by atoms with Crippen LogP contribution < -0.4 is 16.4 Å². The molecule has 29 heavy (non-hydrogen) atoms. The largest absolute Gasteiger partial charge is 0.468 e. The molecule has 0 saturated carbocycles. The third-order valence-corrected chi connectivity index (χ3v) is 4.10. The van der Waals surface area contributed by atoms with Crippen LogP contribution in [0.3, 0.4) is 0 Å². The van der Waals surface area contributed by atoms with Gasteiger partial charge in [-0.2, -0.15) is 0 Å². The van der Waals surface area contributed by atoms with Gasteiger partial charge >= 0.3 is 12.1 Å². The summed E-state index contributed by atoms with van der Waals surface area (Å²) in [7, 11) is 1.21. The van der Waals surface area contributed by atoms with Gasteiger partial charge in [-0.1, -0.05) is 60.7 Å². The second kappa shape index (κ2) is 11.5. The summed E-state index contributed by atoms with van der Waals surface area (Å²) in [4.78, 5) is 36.2. The Labute approximate surface area is 169 Å². The Kier molecular flexibility index (Phi) is 8.65. The number of nitrogens with two attached hydrogens (primary N) is 1. The fourth-order valence-corrected chi connectivity index (χ4v) is 2.53. The molecule has 0 spiro atoms. The van der Waals surface area contributed by atoms with Gasteiger partial charge in [-0.15, -0.1) is 0 Å². The number of nitrogens with one attached hydrogen (secondary N) is 2. The fraction of sp³-hybridized carbons (Fsp3) is 0.286. The minimum absolute atomic E-state index is 0.0829. The number of ether oxygens (including phenoxy) is 2. The number of rotatable bonds is 9. The minimum Gasteiger partial charge on any atom is -0.468 e. The summed E-state index contributed by atoms with van der Waals surface area (Å²) in [6.45, 7) is -0.0307. The van der Waals surface area contributed by atoms with Gasteiger partial charge < -0.3 is 25.8 Å². The Hall–Kier alpha value is -3.39. The molecular formula is C21H25N3O5. The fourth-order valence-electron chi connectivity index (χ4n) is 2.53. The lowest BCUT2D eigenvalue weighted by molar-refractivity contribution is -0.142. The van der Waals surface area contributed by atoms with Gasteiger partial charge in [-0.05, 0) is 11.1 Å². The SMILES string of the molecule is COC(=O)[C@@H](N)CNC(=O)[C@@H](Cc1ccccc1)NC(=O)OCc1ccccc1. The molecule has 0 fully saturated rings. The summed E-state index contributed by atoms with van der Waals surface area (Å²) >= 11 is 0. The number of benzene rings is 2. The van der Waals surface area contributed by atoms with Crippen LogP contribution in [0.4, 0.5) is 4.79 Å². The number of hydrogen-bond acceptors (Lipinski definition) is 6. The molecule has 0 radical (unpaired) electrons. The predicted molar refractivity (Wildman–Crippen MR) is 107 cm³/mol. The van der Waals surface area contributed by atoms with E-state index in [9.17, 15) is 14.4 Å². The van der Waals surface area contributed by atoms with Crippen molar-refractivity contribution in [1.82, 2.24) is 10.6 Å². The van der Waals surface area contributed by atoms with Crippen LogP contribution >= 0.6 is 0 Å². The van der Waals surface area contributed by atoms with E-state index in [0.29, 0.717) is 0 Å². The molecule has 2 rings (SSSR count). The molecule has 0 saturated heterocycles. The average molecular weight is 399 g/mol. The van der Waals surface area contributed by atoms with Crippen molar-refractivity contribution in [2.24, 2.45) is 5.73 Å². The van der Waals surface area contributed by atoms with Gasteiger partial charge in [0.05, 0.1) is 7.11 Å². The van der Waals surface area contributed by atoms with Crippen LogP contribution in [-0.4, -0.2) is 43.7 Å². The van der Waals surface area contributed by atoms with E-state index < -0.39 is 30.1 Å². The molecule has 2 aromatic carbocycles. The van der Waals surface area contributed by atoms with Crippen molar-refractivity contribution in [3.63, 3.8) is 0 Å². The number of amides is 2. The number of carbonyl (C=O) groups excluding carboxylic acids is 3. The van der Waals surface area contributed by atoms with Crippen molar-refractivity contribution in [2.75, 3.05) is 13.7 Å². The van der Waals surface area contributed by atoms with Crippen LogP contribution in [0.2, 0.25) is 0 Å². The van der Waals surface area contributed by atoms with Gasteiger partial charge in [0.15, 0.2) is 0 Å². The molecule has 2 atom stereocenters. The van der Waals surface area contributed by atoms with Gasteiger partial charge in [-0.3, -0.25) is 9.59 Å². The van der Waals surface area contributed by atoms with Crippen molar-refractivity contribution in [2.45, 2.75) is 25.1 Å². The molecule has 0 heterocycles. The van der Waals surface area contributed by atoms with E-state index in [2.05, 4.69) is 15.4 Å². The Morgan fingerprint density at radius 1 is 0.966 bits per heavy atom. The van der Waals surface area contributed by atoms with E-state index in [0.717, 1.165) is 11.1 Å².